The predicted molar refractivity (Wildman–Crippen MR) is 104 cm³/mol. The molecule has 0 radical (unpaired) electrons. The summed E-state index contributed by atoms with van der Waals surface area (Å²) >= 11 is 0. The van der Waals surface area contributed by atoms with Crippen LogP contribution in [0.5, 0.6) is 0 Å². The van der Waals surface area contributed by atoms with Gasteiger partial charge in [-0.25, -0.2) is 0 Å². The highest BCUT2D eigenvalue weighted by atomic mass is 31.1. The molecule has 2 saturated carbocycles. The van der Waals surface area contributed by atoms with Crippen LogP contribution in [0.25, 0.3) is 0 Å². The third kappa shape index (κ3) is 2.15. The molecular formula is C20H36P2+2. The molecule has 124 valence electrons. The van der Waals surface area contributed by atoms with E-state index in [0.717, 1.165) is 11.3 Å². The minimum atomic E-state index is -0.0580. The molecular weight excluding hydrogens is 302 g/mol. The van der Waals surface area contributed by atoms with E-state index in [-0.39, 0.29) is 15.8 Å². The van der Waals surface area contributed by atoms with E-state index < -0.39 is 0 Å². The third-order valence-corrected chi connectivity index (χ3v) is 18.4. The highest BCUT2D eigenvalue weighted by molar-refractivity contribution is 7.64. The molecule has 0 aromatic carbocycles. The van der Waals surface area contributed by atoms with Crippen molar-refractivity contribution < 1.29 is 0 Å². The second-order valence-electron chi connectivity index (χ2n) is 9.65. The van der Waals surface area contributed by atoms with E-state index >= 15 is 0 Å². The summed E-state index contributed by atoms with van der Waals surface area (Å²) in [7, 11) is -0.116. The lowest BCUT2D eigenvalue weighted by atomic mass is 9.95. The fourth-order valence-corrected chi connectivity index (χ4v) is 19.3. The van der Waals surface area contributed by atoms with Crippen LogP contribution in [0.4, 0.5) is 0 Å². The minimum absolute atomic E-state index is 0.0580. The van der Waals surface area contributed by atoms with Crippen molar-refractivity contribution in [2.24, 2.45) is 11.8 Å². The van der Waals surface area contributed by atoms with Crippen molar-refractivity contribution in [2.75, 3.05) is 0 Å². The molecule has 0 amide bonds. The molecule has 5 rings (SSSR count). The summed E-state index contributed by atoms with van der Waals surface area (Å²) in [5.41, 5.74) is 7.40. The molecule has 0 N–H and O–H groups in total. The van der Waals surface area contributed by atoms with E-state index in [0.29, 0.717) is 0 Å². The van der Waals surface area contributed by atoms with Crippen molar-refractivity contribution in [1.29, 1.82) is 0 Å². The Morgan fingerprint density at radius 1 is 0.545 bits per heavy atom. The summed E-state index contributed by atoms with van der Waals surface area (Å²) in [6, 6.07) is 0. The van der Waals surface area contributed by atoms with E-state index in [4.69, 9.17) is 0 Å². The Bertz CT molecular complexity index is 397. The molecule has 0 aromatic heterocycles. The predicted octanol–water partition coefficient (Wildman–Crippen LogP) is 5.87. The molecule has 22 heavy (non-hydrogen) atoms. The third-order valence-electron chi connectivity index (χ3n) is 8.84. The molecule has 2 bridgehead atoms. The molecule has 2 aliphatic carbocycles. The first-order chi connectivity index (χ1) is 10.7. The maximum absolute atomic E-state index is 2.68. The van der Waals surface area contributed by atoms with E-state index in [1.165, 1.54) is 34.5 Å². The monoisotopic (exact) mass is 338 g/mol. The Morgan fingerprint density at radius 2 is 1.05 bits per heavy atom. The Hall–Kier alpha value is 0.860. The van der Waals surface area contributed by atoms with E-state index in [2.05, 4.69) is 13.8 Å². The van der Waals surface area contributed by atoms with Gasteiger partial charge in [-0.15, -0.1) is 0 Å². The largest absolute Gasteiger partial charge is 0.104 e. The van der Waals surface area contributed by atoms with Gasteiger partial charge in [0.2, 0.25) is 0 Å². The molecule has 7 unspecified atom stereocenters. The van der Waals surface area contributed by atoms with Gasteiger partial charge in [-0.05, 0) is 89.9 Å². The van der Waals surface area contributed by atoms with Crippen LogP contribution in [-0.2, 0) is 0 Å². The molecule has 5 fully saturated rings. The first-order valence-electron chi connectivity index (χ1n) is 10.5. The first kappa shape index (κ1) is 15.1. The van der Waals surface area contributed by atoms with Gasteiger partial charge in [-0.1, -0.05) is 0 Å². The zero-order chi connectivity index (χ0) is 14.8. The number of rotatable bonds is 0. The molecule has 5 aliphatic rings. The van der Waals surface area contributed by atoms with Gasteiger partial charge < -0.3 is 0 Å². The lowest BCUT2D eigenvalue weighted by molar-refractivity contribution is 0.449. The average molecular weight is 338 g/mol. The van der Waals surface area contributed by atoms with Crippen LogP contribution in [0.3, 0.4) is 0 Å². The van der Waals surface area contributed by atoms with Crippen LogP contribution in [-0.4, -0.2) is 34.0 Å². The van der Waals surface area contributed by atoms with Gasteiger partial charge >= 0.3 is 0 Å². The van der Waals surface area contributed by atoms with Crippen LogP contribution in [0.2, 0.25) is 0 Å². The second-order valence-corrected chi connectivity index (χ2v) is 16.6. The summed E-state index contributed by atoms with van der Waals surface area (Å²) < 4.78 is 0. The average Bonchev–Trinajstić information content (AvgIpc) is 3.22. The lowest BCUT2D eigenvalue weighted by Crippen LogP contribution is -2.27. The van der Waals surface area contributed by atoms with Crippen molar-refractivity contribution in [1.82, 2.24) is 0 Å². The molecule has 3 heterocycles. The van der Waals surface area contributed by atoms with Crippen LogP contribution >= 0.6 is 15.8 Å². The summed E-state index contributed by atoms with van der Waals surface area (Å²) in [5, 5.41) is 0. The summed E-state index contributed by atoms with van der Waals surface area (Å²) in [5.74, 6) is 2.39. The molecule has 2 heteroatoms. The van der Waals surface area contributed by atoms with Gasteiger partial charge in [0.1, 0.15) is 11.3 Å². The molecule has 0 spiro atoms. The quantitative estimate of drug-likeness (QED) is 0.485. The zero-order valence-electron chi connectivity index (χ0n) is 14.7. The minimum Gasteiger partial charge on any atom is -0.0463 e. The van der Waals surface area contributed by atoms with Gasteiger partial charge in [0.05, 0.1) is 22.6 Å². The van der Waals surface area contributed by atoms with E-state index in [1.54, 1.807) is 64.2 Å². The Labute approximate surface area is 140 Å². The van der Waals surface area contributed by atoms with Crippen LogP contribution in [0, 0.1) is 11.8 Å². The number of hydrogen-bond acceptors (Lipinski definition) is 0. The van der Waals surface area contributed by atoms with Gasteiger partial charge in [-0.2, -0.15) is 0 Å². The van der Waals surface area contributed by atoms with Gasteiger partial charge in [0, 0.05) is 15.8 Å². The van der Waals surface area contributed by atoms with Crippen molar-refractivity contribution in [3.8, 4) is 0 Å². The smallest absolute Gasteiger partial charge is 0.0463 e. The summed E-state index contributed by atoms with van der Waals surface area (Å²) in [6.07, 6.45) is 16.5. The van der Waals surface area contributed by atoms with Crippen LogP contribution in [0.1, 0.15) is 78.1 Å². The zero-order valence-corrected chi connectivity index (χ0v) is 16.7. The maximum Gasteiger partial charge on any atom is 0.104 e. The Balaban J connectivity index is 1.56. The highest BCUT2D eigenvalue weighted by Gasteiger charge is 2.62. The fraction of sp³-hybridized carbons (Fsp3) is 1.00. The molecule has 0 nitrogen and oxygen atoms in total. The second kappa shape index (κ2) is 5.70. The Morgan fingerprint density at radius 3 is 1.55 bits per heavy atom. The van der Waals surface area contributed by atoms with E-state index in [9.17, 15) is 0 Å². The van der Waals surface area contributed by atoms with Crippen molar-refractivity contribution in [3.63, 3.8) is 0 Å². The van der Waals surface area contributed by atoms with Gasteiger partial charge in [0.25, 0.3) is 0 Å². The van der Waals surface area contributed by atoms with Crippen molar-refractivity contribution >= 4 is 15.8 Å². The normalized spacial score (nSPS) is 60.3. The molecule has 10 atom stereocenters. The standard InChI is InChI=1S/C20H34P2/c1-13-6-10-17-15-8-9-16(12-15)18-11-7-14(2)22(18)20-5-3-4-19(20)21(13)17/h13-20H,3-12H2,1-2H3/p+2/t13-,14?,15+,16?,17?,18+,19?,20?,21?,22?/m1/s1. The topological polar surface area (TPSA) is 0 Å². The van der Waals surface area contributed by atoms with Gasteiger partial charge in [0.15, 0.2) is 0 Å². The molecule has 3 saturated heterocycles. The maximum atomic E-state index is 2.68. The molecule has 3 aliphatic heterocycles. The van der Waals surface area contributed by atoms with Crippen LogP contribution < -0.4 is 0 Å². The summed E-state index contributed by atoms with van der Waals surface area (Å²) in [4.78, 5) is 0. The summed E-state index contributed by atoms with van der Waals surface area (Å²) in [6.45, 7) is 5.36. The van der Waals surface area contributed by atoms with E-state index in [1.807, 2.05) is 0 Å². The SMILES string of the molecule is CC1CC[C@H]2C3CC[C@@H](C3)C3CC[C@@H](C)[PH+]3C3CCCC3[PH+]12. The first-order valence-corrected chi connectivity index (χ1v) is 13.9. The number of hydrogen-bond donors (Lipinski definition) is 0. The van der Waals surface area contributed by atoms with Gasteiger partial charge in [-0.3, -0.25) is 0 Å². The number of fused-ring (bicyclic) bond motifs is 9. The fourth-order valence-electron chi connectivity index (χ4n) is 8.09. The Kier molecular flexibility index (Phi) is 3.92. The molecule has 0 aromatic rings. The highest BCUT2D eigenvalue weighted by Crippen LogP contribution is 2.75. The van der Waals surface area contributed by atoms with Crippen molar-refractivity contribution in [2.45, 2.75) is 112 Å². The van der Waals surface area contributed by atoms with Crippen molar-refractivity contribution in [3.05, 3.63) is 0 Å². The van der Waals surface area contributed by atoms with Crippen LogP contribution in [0.15, 0.2) is 0 Å². The lowest BCUT2D eigenvalue weighted by Gasteiger charge is -2.31.